The van der Waals surface area contributed by atoms with Crippen molar-refractivity contribution >= 4 is 22.6 Å². The molecule has 18 heteroatoms. The van der Waals surface area contributed by atoms with Crippen molar-refractivity contribution in [2.75, 3.05) is 13.2 Å². The minimum absolute atomic E-state index is 0.150. The lowest BCUT2D eigenvalue weighted by Crippen LogP contribution is -2.53. The summed E-state index contributed by atoms with van der Waals surface area (Å²) in [6.45, 7) is -0.211. The molecule has 14 nitrogen and oxygen atoms in total. The van der Waals surface area contributed by atoms with Gasteiger partial charge in [0.25, 0.3) is 11.1 Å². The van der Waals surface area contributed by atoms with Crippen molar-refractivity contribution in [1.82, 2.24) is 19.1 Å². The Hall–Kier alpha value is -2.36. The maximum absolute atomic E-state index is 14.5. The fraction of sp³-hybridized carbons (Fsp3) is 0.579. The highest BCUT2D eigenvalue weighted by atomic mass is 127. The molecule has 2 aliphatic heterocycles. The van der Waals surface area contributed by atoms with Crippen LogP contribution in [-0.4, -0.2) is 83.1 Å². The Kier molecular flexibility index (Phi) is 8.51. The van der Waals surface area contributed by atoms with Crippen molar-refractivity contribution in [1.29, 1.82) is 0 Å². The first-order valence-corrected chi connectivity index (χ1v) is 11.6. The average molecular weight is 650 g/mol. The largest absolute Gasteiger partial charge is 0.394 e. The van der Waals surface area contributed by atoms with Gasteiger partial charge in [-0.1, -0.05) is 0 Å². The van der Waals surface area contributed by atoms with E-state index in [2.05, 4.69) is 9.72 Å². The molecule has 4 rings (SSSR count). The van der Waals surface area contributed by atoms with Crippen molar-refractivity contribution in [2.24, 2.45) is 0 Å². The fourth-order valence-electron chi connectivity index (χ4n) is 3.62. The first-order chi connectivity index (χ1) is 17.2. The second kappa shape index (κ2) is 10.8. The van der Waals surface area contributed by atoms with E-state index in [0.717, 1.165) is 0 Å². The molecule has 2 aliphatic rings. The number of halogens is 4. The summed E-state index contributed by atoms with van der Waals surface area (Å²) in [6, 6.07) is 0. The molecular weight excluding hydrogens is 628 g/mol. The number of ether oxygens (including phenoxy) is 2. The molecule has 2 saturated heterocycles. The minimum Gasteiger partial charge on any atom is -0.394 e. The summed E-state index contributed by atoms with van der Waals surface area (Å²) >= 11 is 1.80. The molecule has 2 fully saturated rings. The van der Waals surface area contributed by atoms with E-state index in [0.29, 0.717) is 9.77 Å². The monoisotopic (exact) mass is 650 g/mol. The molecule has 2 aromatic rings. The van der Waals surface area contributed by atoms with E-state index in [1.165, 1.54) is 17.7 Å². The molecule has 0 radical (unpaired) electrons. The highest BCUT2D eigenvalue weighted by Gasteiger charge is 2.71. The van der Waals surface area contributed by atoms with Crippen molar-refractivity contribution in [3.63, 3.8) is 0 Å². The molecule has 0 amide bonds. The molecule has 206 valence electrons. The maximum atomic E-state index is 14.5. The van der Waals surface area contributed by atoms with Gasteiger partial charge in [0.1, 0.15) is 18.4 Å². The van der Waals surface area contributed by atoms with E-state index in [-0.39, 0.29) is 23.2 Å². The molecule has 0 spiro atoms. The molecule has 6 atom stereocenters. The number of alkyl halides is 3. The van der Waals surface area contributed by atoms with Crippen LogP contribution in [0.1, 0.15) is 18.2 Å². The zero-order chi connectivity index (χ0) is 27.9. The lowest BCUT2D eigenvalue weighted by Gasteiger charge is -2.27. The molecule has 4 heterocycles. The van der Waals surface area contributed by atoms with Crippen molar-refractivity contribution in [2.45, 2.75) is 55.9 Å². The predicted octanol–water partition coefficient (Wildman–Crippen LogP) is -2.41. The molecule has 0 aliphatic carbocycles. The van der Waals surface area contributed by atoms with Gasteiger partial charge in [-0.15, -0.1) is 0 Å². The molecular formula is C19H22F3IN4O10. The van der Waals surface area contributed by atoms with Gasteiger partial charge in [-0.25, -0.2) is 14.2 Å². The lowest BCUT2D eigenvalue weighted by molar-refractivity contribution is -0.297. The highest BCUT2D eigenvalue weighted by Crippen LogP contribution is 2.48. The topological polar surface area (TPSA) is 209 Å². The minimum atomic E-state index is -4.49. The zero-order valence-corrected chi connectivity index (χ0v) is 21.0. The Morgan fingerprint density at radius 1 is 1.03 bits per heavy atom. The van der Waals surface area contributed by atoms with Crippen LogP contribution in [0.2, 0.25) is 0 Å². The van der Waals surface area contributed by atoms with Crippen LogP contribution in [-0.2, 0) is 15.5 Å². The first-order valence-electron chi connectivity index (χ1n) is 10.5. The van der Waals surface area contributed by atoms with Crippen LogP contribution in [0.4, 0.5) is 13.2 Å². The summed E-state index contributed by atoms with van der Waals surface area (Å²) in [5.74, 6) is -8.50. The van der Waals surface area contributed by atoms with E-state index in [4.69, 9.17) is 14.9 Å². The predicted molar refractivity (Wildman–Crippen MR) is 124 cm³/mol. The second-order valence-corrected chi connectivity index (χ2v) is 9.33. The van der Waals surface area contributed by atoms with Crippen LogP contribution in [0.25, 0.3) is 0 Å². The van der Waals surface area contributed by atoms with E-state index in [9.17, 15) is 42.6 Å². The summed E-state index contributed by atoms with van der Waals surface area (Å²) in [6.07, 6.45) is -4.60. The SMILES string of the molecule is Cc1cn([C@]2(F)O[C@H](CO)[C@@H](O)C2(F)F)c(=O)[nH]c1=O.O=c1[nH]c(=O)n(C2C[C@H](O)[C@@H](CO)O2)cc1I. The Bertz CT molecular complexity index is 1380. The number of aryl methyl sites for hydroxylation is 1. The van der Waals surface area contributed by atoms with Gasteiger partial charge in [0.05, 0.1) is 22.9 Å². The van der Waals surface area contributed by atoms with Gasteiger partial charge in [0.15, 0.2) is 6.10 Å². The maximum Gasteiger partial charge on any atom is 0.365 e. The van der Waals surface area contributed by atoms with E-state index < -0.39 is 71.6 Å². The van der Waals surface area contributed by atoms with Gasteiger partial charge in [-0.05, 0) is 29.5 Å². The third-order valence-corrected chi connectivity index (χ3v) is 6.44. The second-order valence-electron chi connectivity index (χ2n) is 8.17. The summed E-state index contributed by atoms with van der Waals surface area (Å²) in [5, 5.41) is 36.6. The summed E-state index contributed by atoms with van der Waals surface area (Å²) in [5.41, 5.74) is -3.58. The van der Waals surface area contributed by atoms with E-state index in [1.54, 1.807) is 27.6 Å². The number of aliphatic hydroxyl groups is 4. The quantitative estimate of drug-likeness (QED) is 0.193. The Morgan fingerprint density at radius 3 is 2.16 bits per heavy atom. The van der Waals surface area contributed by atoms with Crippen LogP contribution in [0.5, 0.6) is 0 Å². The standard InChI is InChI=1S/C10H11F3N2O5.C9H11IN2O5/c1-4-2-15(8(19)14-7(4)18)10(13)9(11,12)6(17)5(3-16)20-10;10-4-2-12(9(16)11-8(4)15)7-1-5(14)6(3-13)17-7/h2,5-6,16-17H,3H2,1H3,(H,14,18,19);2,5-7,13-14H,1,3H2,(H,11,15,16)/t5-,6-,10+;5-,6+,7?/m10/s1. The zero-order valence-electron chi connectivity index (χ0n) is 18.8. The third kappa shape index (κ3) is 5.31. The summed E-state index contributed by atoms with van der Waals surface area (Å²) < 4.78 is 53.1. The first kappa shape index (κ1) is 29.2. The Labute approximate surface area is 217 Å². The van der Waals surface area contributed by atoms with Gasteiger partial charge >= 0.3 is 23.3 Å². The Balaban J connectivity index is 0.000000208. The van der Waals surface area contributed by atoms with Crippen molar-refractivity contribution in [3.05, 3.63) is 63.2 Å². The number of nitrogens with one attached hydrogen (secondary N) is 2. The van der Waals surface area contributed by atoms with Gasteiger partial charge in [-0.2, -0.15) is 13.2 Å². The van der Waals surface area contributed by atoms with Gasteiger partial charge in [-0.3, -0.25) is 24.1 Å². The molecule has 0 saturated carbocycles. The average Bonchev–Trinajstić information content (AvgIpc) is 3.29. The number of aromatic amines is 2. The van der Waals surface area contributed by atoms with Crippen LogP contribution in [0, 0.1) is 10.5 Å². The molecule has 1 unspecified atom stereocenters. The molecule has 0 bridgehead atoms. The van der Waals surface area contributed by atoms with Crippen LogP contribution >= 0.6 is 22.6 Å². The smallest absolute Gasteiger partial charge is 0.365 e. The molecule has 0 aromatic carbocycles. The number of nitrogens with zero attached hydrogens (tertiary/aromatic N) is 2. The number of aliphatic hydroxyl groups excluding tert-OH is 4. The van der Waals surface area contributed by atoms with Crippen molar-refractivity contribution in [3.8, 4) is 0 Å². The fourth-order valence-corrected chi connectivity index (χ4v) is 4.05. The normalized spacial score (nSPS) is 30.7. The number of hydrogen-bond acceptors (Lipinski definition) is 10. The van der Waals surface area contributed by atoms with Gasteiger partial charge < -0.3 is 29.9 Å². The lowest BCUT2D eigenvalue weighted by atomic mass is 10.1. The summed E-state index contributed by atoms with van der Waals surface area (Å²) in [7, 11) is 0. The number of rotatable bonds is 4. The molecule has 37 heavy (non-hydrogen) atoms. The van der Waals surface area contributed by atoms with E-state index in [1.807, 2.05) is 0 Å². The van der Waals surface area contributed by atoms with Crippen molar-refractivity contribution < 1.29 is 43.1 Å². The van der Waals surface area contributed by atoms with Crippen LogP contribution in [0.3, 0.4) is 0 Å². The number of aromatic nitrogens is 4. The van der Waals surface area contributed by atoms with Gasteiger partial charge in [0.2, 0.25) is 0 Å². The number of hydrogen-bond donors (Lipinski definition) is 6. The Morgan fingerprint density at radius 2 is 1.62 bits per heavy atom. The van der Waals surface area contributed by atoms with Gasteiger partial charge in [0, 0.05) is 24.4 Å². The van der Waals surface area contributed by atoms with Crippen LogP contribution in [0.15, 0.2) is 31.6 Å². The molecule has 2 aromatic heterocycles. The van der Waals surface area contributed by atoms with E-state index >= 15 is 0 Å². The van der Waals surface area contributed by atoms with Crippen LogP contribution < -0.4 is 22.5 Å². The number of H-pyrrole nitrogens is 2. The molecule has 6 N–H and O–H groups in total. The summed E-state index contributed by atoms with van der Waals surface area (Å²) in [4.78, 5) is 49.2. The third-order valence-electron chi connectivity index (χ3n) is 5.67. The highest BCUT2D eigenvalue weighted by molar-refractivity contribution is 14.1.